The number of amides is 2. The van der Waals surface area contributed by atoms with Gasteiger partial charge in [-0.05, 0) is 60.4 Å². The van der Waals surface area contributed by atoms with Crippen LogP contribution < -0.4 is 9.62 Å². The summed E-state index contributed by atoms with van der Waals surface area (Å²) in [5, 5.41) is 3.19. The second-order valence-electron chi connectivity index (χ2n) is 11.5. The van der Waals surface area contributed by atoms with Crippen molar-refractivity contribution >= 4 is 43.5 Å². The Bertz CT molecular complexity index is 1730. The number of halogens is 2. The number of nitrogens with one attached hydrogen (secondary N) is 1. The fourth-order valence-corrected chi connectivity index (χ4v) is 7.71. The normalized spacial score (nSPS) is 14.3. The standard InChI is InChI=1S/C36H37BrFN3O4S/c37-29-16-12-15-28(23-29)25-40(34(24-27-13-4-1-5-14-27)36(43)39-30-17-6-2-7-18-30)35(42)26-41(33-22-11-10-21-32(33)38)46(44,45)31-19-8-3-9-20-31/h1,3-5,8-16,19-23,30,34H,2,6-7,17-18,24-26H2,(H,39,43). The van der Waals surface area contributed by atoms with E-state index in [2.05, 4.69) is 21.2 Å². The van der Waals surface area contributed by atoms with Gasteiger partial charge in [0.2, 0.25) is 11.8 Å². The first-order valence-electron chi connectivity index (χ1n) is 15.4. The summed E-state index contributed by atoms with van der Waals surface area (Å²) in [5.41, 5.74) is 1.34. The second kappa shape index (κ2) is 15.5. The number of nitrogens with zero attached hydrogens (tertiary/aromatic N) is 2. The van der Waals surface area contributed by atoms with Crippen molar-refractivity contribution in [2.45, 2.75) is 62.0 Å². The van der Waals surface area contributed by atoms with Crippen molar-refractivity contribution in [2.75, 3.05) is 10.8 Å². The van der Waals surface area contributed by atoms with Crippen LogP contribution in [-0.4, -0.2) is 43.8 Å². The van der Waals surface area contributed by atoms with Crippen molar-refractivity contribution in [3.05, 3.63) is 131 Å². The lowest BCUT2D eigenvalue weighted by Crippen LogP contribution is -2.55. The zero-order valence-electron chi connectivity index (χ0n) is 25.4. The van der Waals surface area contributed by atoms with E-state index in [0.29, 0.717) is 0 Å². The Morgan fingerprint density at radius 2 is 1.46 bits per heavy atom. The zero-order chi connectivity index (χ0) is 32.5. The van der Waals surface area contributed by atoms with E-state index in [4.69, 9.17) is 0 Å². The van der Waals surface area contributed by atoms with Crippen LogP contribution in [-0.2, 0) is 32.6 Å². The van der Waals surface area contributed by atoms with Crippen LogP contribution in [0.15, 0.2) is 119 Å². The van der Waals surface area contributed by atoms with E-state index < -0.39 is 34.3 Å². The molecule has 10 heteroatoms. The summed E-state index contributed by atoms with van der Waals surface area (Å²) >= 11 is 3.49. The first-order valence-corrected chi connectivity index (χ1v) is 17.7. The van der Waals surface area contributed by atoms with Crippen molar-refractivity contribution in [1.82, 2.24) is 10.2 Å². The lowest BCUT2D eigenvalue weighted by Gasteiger charge is -2.35. The Hall–Kier alpha value is -4.02. The molecule has 0 bridgehead atoms. The number of hydrogen-bond donors (Lipinski definition) is 1. The first-order chi connectivity index (χ1) is 22.2. The molecule has 1 aliphatic rings. The van der Waals surface area contributed by atoms with Crippen molar-refractivity contribution < 1.29 is 22.4 Å². The molecule has 5 rings (SSSR count). The topological polar surface area (TPSA) is 86.8 Å². The Morgan fingerprint density at radius 3 is 2.13 bits per heavy atom. The maximum Gasteiger partial charge on any atom is 0.264 e. The number of para-hydroxylation sites is 1. The minimum Gasteiger partial charge on any atom is -0.352 e. The highest BCUT2D eigenvalue weighted by molar-refractivity contribution is 9.10. The average molecular weight is 707 g/mol. The quantitative estimate of drug-likeness (QED) is 0.174. The van der Waals surface area contributed by atoms with Gasteiger partial charge in [-0.3, -0.25) is 13.9 Å². The molecule has 1 atom stereocenters. The van der Waals surface area contributed by atoms with E-state index in [1.165, 1.54) is 35.2 Å². The molecule has 1 unspecified atom stereocenters. The fraction of sp³-hybridized carbons (Fsp3) is 0.278. The van der Waals surface area contributed by atoms with Gasteiger partial charge in [0.05, 0.1) is 10.6 Å². The van der Waals surface area contributed by atoms with E-state index in [0.717, 1.165) is 58.1 Å². The van der Waals surface area contributed by atoms with Crippen LogP contribution in [0.4, 0.5) is 10.1 Å². The predicted molar refractivity (Wildman–Crippen MR) is 181 cm³/mol. The van der Waals surface area contributed by atoms with Crippen LogP contribution in [0.2, 0.25) is 0 Å². The number of carbonyl (C=O) groups is 2. The molecule has 1 saturated carbocycles. The lowest BCUT2D eigenvalue weighted by molar-refractivity contribution is -0.140. The molecule has 240 valence electrons. The van der Waals surface area contributed by atoms with Crippen LogP contribution >= 0.6 is 15.9 Å². The van der Waals surface area contributed by atoms with Gasteiger partial charge in [0.25, 0.3) is 10.0 Å². The van der Waals surface area contributed by atoms with Gasteiger partial charge in [0.15, 0.2) is 0 Å². The third kappa shape index (κ3) is 8.41. The summed E-state index contributed by atoms with van der Waals surface area (Å²) in [7, 11) is -4.37. The molecular formula is C36H37BrFN3O4S. The molecule has 4 aromatic carbocycles. The summed E-state index contributed by atoms with van der Waals surface area (Å²) in [6, 6.07) is 28.9. The maximum absolute atomic E-state index is 15.3. The van der Waals surface area contributed by atoms with Gasteiger partial charge < -0.3 is 10.2 Å². The number of sulfonamides is 1. The van der Waals surface area contributed by atoms with E-state index in [1.807, 2.05) is 54.6 Å². The average Bonchev–Trinajstić information content (AvgIpc) is 3.07. The molecule has 46 heavy (non-hydrogen) atoms. The molecule has 0 heterocycles. The summed E-state index contributed by atoms with van der Waals surface area (Å²) in [6.45, 7) is -0.682. The Morgan fingerprint density at radius 1 is 0.826 bits per heavy atom. The smallest absolute Gasteiger partial charge is 0.264 e. The fourth-order valence-electron chi connectivity index (χ4n) is 5.82. The molecule has 0 spiro atoms. The molecule has 0 radical (unpaired) electrons. The van der Waals surface area contributed by atoms with Gasteiger partial charge >= 0.3 is 0 Å². The lowest BCUT2D eigenvalue weighted by atomic mass is 9.94. The van der Waals surface area contributed by atoms with Gasteiger partial charge in [0.1, 0.15) is 18.4 Å². The number of carbonyl (C=O) groups excluding carboxylic acids is 2. The summed E-state index contributed by atoms with van der Waals surface area (Å²) in [6.07, 6.45) is 5.09. The van der Waals surface area contributed by atoms with Crippen LogP contribution in [0.25, 0.3) is 0 Å². The molecule has 0 aliphatic heterocycles. The molecule has 4 aromatic rings. The molecule has 1 aliphatic carbocycles. The highest BCUT2D eigenvalue weighted by atomic mass is 79.9. The third-order valence-electron chi connectivity index (χ3n) is 8.20. The predicted octanol–water partition coefficient (Wildman–Crippen LogP) is 6.87. The van der Waals surface area contributed by atoms with Gasteiger partial charge in [0, 0.05) is 23.5 Å². The number of benzene rings is 4. The summed E-state index contributed by atoms with van der Waals surface area (Å²) in [5.74, 6) is -1.73. The van der Waals surface area contributed by atoms with E-state index >= 15 is 4.39 Å². The van der Waals surface area contributed by atoms with Gasteiger partial charge in [-0.25, -0.2) is 12.8 Å². The van der Waals surface area contributed by atoms with Gasteiger partial charge in [-0.2, -0.15) is 0 Å². The second-order valence-corrected chi connectivity index (χ2v) is 14.3. The number of hydrogen-bond acceptors (Lipinski definition) is 4. The largest absolute Gasteiger partial charge is 0.352 e. The molecule has 1 fully saturated rings. The molecule has 7 nitrogen and oxygen atoms in total. The highest BCUT2D eigenvalue weighted by Crippen LogP contribution is 2.28. The van der Waals surface area contributed by atoms with Crippen molar-refractivity contribution in [1.29, 1.82) is 0 Å². The molecule has 1 N–H and O–H groups in total. The summed E-state index contributed by atoms with van der Waals surface area (Å²) in [4.78, 5) is 30.0. The van der Waals surface area contributed by atoms with Gasteiger partial charge in [-0.1, -0.05) is 108 Å². The monoisotopic (exact) mass is 705 g/mol. The number of anilines is 1. The molecule has 0 aromatic heterocycles. The van der Waals surface area contributed by atoms with Crippen LogP contribution in [0, 0.1) is 5.82 Å². The highest BCUT2D eigenvalue weighted by Gasteiger charge is 2.36. The van der Waals surface area contributed by atoms with Crippen LogP contribution in [0.3, 0.4) is 0 Å². The maximum atomic E-state index is 15.3. The Kier molecular flexibility index (Phi) is 11.2. The molecular weight excluding hydrogens is 669 g/mol. The third-order valence-corrected chi connectivity index (χ3v) is 10.5. The van der Waals surface area contributed by atoms with E-state index in [1.54, 1.807) is 18.2 Å². The van der Waals surface area contributed by atoms with Crippen molar-refractivity contribution in [3.8, 4) is 0 Å². The van der Waals surface area contributed by atoms with Gasteiger partial charge in [-0.15, -0.1) is 0 Å². The minimum atomic E-state index is -4.37. The zero-order valence-corrected chi connectivity index (χ0v) is 27.8. The Labute approximate surface area is 278 Å². The van der Waals surface area contributed by atoms with Crippen LogP contribution in [0.5, 0.6) is 0 Å². The summed E-state index contributed by atoms with van der Waals surface area (Å²) < 4.78 is 44.9. The van der Waals surface area contributed by atoms with Crippen molar-refractivity contribution in [2.24, 2.45) is 0 Å². The Balaban J connectivity index is 1.56. The molecule has 2 amide bonds. The molecule has 0 saturated heterocycles. The number of rotatable bonds is 12. The SMILES string of the molecule is O=C(NC1CCCCC1)C(Cc1ccccc1)N(Cc1cccc(Br)c1)C(=O)CN(c1ccccc1F)S(=O)(=O)c1ccccc1. The minimum absolute atomic E-state index is 0.00397. The van der Waals surface area contributed by atoms with Crippen molar-refractivity contribution in [3.63, 3.8) is 0 Å². The van der Waals surface area contributed by atoms with Crippen LogP contribution in [0.1, 0.15) is 43.2 Å². The van der Waals surface area contributed by atoms with E-state index in [-0.39, 0.29) is 35.5 Å². The van der Waals surface area contributed by atoms with E-state index in [9.17, 15) is 18.0 Å². The first kappa shape index (κ1) is 33.3.